The molecule has 1 aliphatic rings. The van der Waals surface area contributed by atoms with E-state index in [2.05, 4.69) is 50.8 Å². The second kappa shape index (κ2) is 6.06. The lowest BCUT2D eigenvalue weighted by molar-refractivity contribution is 0.287. The van der Waals surface area contributed by atoms with Gasteiger partial charge >= 0.3 is 0 Å². The first-order valence-corrected chi connectivity index (χ1v) is 7.52. The molecule has 1 aromatic carbocycles. The molecule has 2 unspecified atom stereocenters. The number of likely N-dealkylation sites (tertiary alicyclic amines) is 1. The third kappa shape index (κ3) is 3.58. The predicted molar refractivity (Wildman–Crippen MR) is 82.2 cm³/mol. The van der Waals surface area contributed by atoms with Gasteiger partial charge in [0, 0.05) is 19.1 Å². The highest BCUT2D eigenvalue weighted by Gasteiger charge is 2.26. The molecule has 0 amide bonds. The average Bonchev–Trinajstić information content (AvgIpc) is 2.77. The smallest absolute Gasteiger partial charge is 0.0426 e. The summed E-state index contributed by atoms with van der Waals surface area (Å²) in [4.78, 5) is 2.54. The van der Waals surface area contributed by atoms with Crippen LogP contribution in [0.3, 0.4) is 0 Å². The number of benzene rings is 1. The fourth-order valence-electron chi connectivity index (χ4n) is 3.19. The Hall–Kier alpha value is -0.860. The molecule has 1 aromatic rings. The van der Waals surface area contributed by atoms with E-state index in [0.717, 1.165) is 18.4 Å². The Bertz CT molecular complexity index is 425. The molecule has 0 spiro atoms. The van der Waals surface area contributed by atoms with Crippen LogP contribution >= 0.6 is 0 Å². The molecule has 2 N–H and O–H groups in total. The number of nitrogens with zero attached hydrogens (tertiary/aromatic N) is 1. The lowest BCUT2D eigenvalue weighted by atomic mass is 9.95. The summed E-state index contributed by atoms with van der Waals surface area (Å²) in [6.07, 6.45) is 1.33. The van der Waals surface area contributed by atoms with Crippen LogP contribution in [0.1, 0.15) is 43.0 Å². The van der Waals surface area contributed by atoms with Crippen LogP contribution in [0.2, 0.25) is 0 Å². The maximum Gasteiger partial charge on any atom is 0.0426 e. The molecule has 1 aliphatic heterocycles. The fourth-order valence-corrected chi connectivity index (χ4v) is 3.19. The number of hydrogen-bond acceptors (Lipinski definition) is 2. The molecule has 2 atom stereocenters. The Kier molecular flexibility index (Phi) is 4.64. The van der Waals surface area contributed by atoms with Gasteiger partial charge < -0.3 is 10.6 Å². The van der Waals surface area contributed by atoms with E-state index in [-0.39, 0.29) is 6.04 Å². The van der Waals surface area contributed by atoms with Gasteiger partial charge in [0.2, 0.25) is 0 Å². The summed E-state index contributed by atoms with van der Waals surface area (Å²) in [6.45, 7) is 12.4. The summed E-state index contributed by atoms with van der Waals surface area (Å²) in [5, 5.41) is 0. The lowest BCUT2D eigenvalue weighted by Gasteiger charge is -2.23. The maximum atomic E-state index is 6.41. The molecule has 2 heteroatoms. The van der Waals surface area contributed by atoms with E-state index in [1.54, 1.807) is 0 Å². The van der Waals surface area contributed by atoms with Gasteiger partial charge in [-0.2, -0.15) is 0 Å². The molecule has 0 aromatic heterocycles. The fraction of sp³-hybridized carbons (Fsp3) is 0.647. The topological polar surface area (TPSA) is 29.3 Å². The van der Waals surface area contributed by atoms with Crippen molar-refractivity contribution in [3.8, 4) is 0 Å². The van der Waals surface area contributed by atoms with Gasteiger partial charge in [-0.15, -0.1) is 0 Å². The van der Waals surface area contributed by atoms with Crippen molar-refractivity contribution in [3.05, 3.63) is 34.9 Å². The summed E-state index contributed by atoms with van der Waals surface area (Å²) in [7, 11) is 0. The van der Waals surface area contributed by atoms with Gasteiger partial charge in [-0.05, 0) is 49.8 Å². The number of rotatable bonds is 4. The van der Waals surface area contributed by atoms with Crippen molar-refractivity contribution < 1.29 is 0 Å². The van der Waals surface area contributed by atoms with Crippen molar-refractivity contribution in [1.82, 2.24) is 4.90 Å². The summed E-state index contributed by atoms with van der Waals surface area (Å²) in [5.74, 6) is 1.65. The highest BCUT2D eigenvalue weighted by molar-refractivity contribution is 5.32. The predicted octanol–water partition coefficient (Wildman–Crippen LogP) is 3.28. The zero-order chi connectivity index (χ0) is 14.0. The third-order valence-corrected chi connectivity index (χ3v) is 4.53. The van der Waals surface area contributed by atoms with Crippen LogP contribution in [0.5, 0.6) is 0 Å². The summed E-state index contributed by atoms with van der Waals surface area (Å²) in [6, 6.07) is 6.75. The van der Waals surface area contributed by atoms with Crippen LogP contribution in [0.4, 0.5) is 0 Å². The van der Waals surface area contributed by atoms with Gasteiger partial charge in [0.05, 0.1) is 0 Å². The van der Waals surface area contributed by atoms with Crippen molar-refractivity contribution in [3.63, 3.8) is 0 Å². The van der Waals surface area contributed by atoms with E-state index in [0.29, 0.717) is 0 Å². The molecule has 2 nitrogen and oxygen atoms in total. The van der Waals surface area contributed by atoms with Gasteiger partial charge in [-0.1, -0.05) is 37.6 Å². The molecule has 0 radical (unpaired) electrons. The zero-order valence-corrected chi connectivity index (χ0v) is 12.8. The van der Waals surface area contributed by atoms with Gasteiger partial charge in [-0.3, -0.25) is 0 Å². The normalized spacial score (nSPS) is 22.1. The average molecular weight is 260 g/mol. The Morgan fingerprint density at radius 1 is 1.32 bits per heavy atom. The van der Waals surface area contributed by atoms with Crippen LogP contribution < -0.4 is 5.73 Å². The van der Waals surface area contributed by atoms with E-state index in [1.807, 2.05) is 0 Å². The largest absolute Gasteiger partial charge is 0.323 e. The van der Waals surface area contributed by atoms with Crippen molar-refractivity contribution in [2.24, 2.45) is 17.6 Å². The second-order valence-electron chi connectivity index (χ2n) is 6.52. The zero-order valence-electron chi connectivity index (χ0n) is 12.8. The van der Waals surface area contributed by atoms with Crippen molar-refractivity contribution >= 4 is 0 Å². The molecular weight excluding hydrogens is 232 g/mol. The summed E-state index contributed by atoms with van der Waals surface area (Å²) < 4.78 is 0. The van der Waals surface area contributed by atoms with Crippen molar-refractivity contribution in [1.29, 1.82) is 0 Å². The molecule has 0 bridgehead atoms. The Labute approximate surface area is 118 Å². The van der Waals surface area contributed by atoms with Gasteiger partial charge in [-0.25, -0.2) is 0 Å². The Morgan fingerprint density at radius 3 is 2.63 bits per heavy atom. The van der Waals surface area contributed by atoms with E-state index in [9.17, 15) is 0 Å². The molecule has 1 fully saturated rings. The van der Waals surface area contributed by atoms with Crippen LogP contribution in [-0.4, -0.2) is 24.5 Å². The standard InChI is InChI=1S/C17H28N2/c1-12(2)15-7-8-19(10-15)11-17(18)16-6-5-13(3)9-14(16)4/h5-6,9,12,15,17H,7-8,10-11,18H2,1-4H3. The number of hydrogen-bond donors (Lipinski definition) is 1. The Balaban J connectivity index is 1.96. The molecule has 1 saturated heterocycles. The molecule has 0 saturated carbocycles. The van der Waals surface area contributed by atoms with Gasteiger partial charge in [0.15, 0.2) is 0 Å². The molecule has 1 heterocycles. The molecular formula is C17H28N2. The van der Waals surface area contributed by atoms with E-state index in [1.165, 1.54) is 36.2 Å². The molecule has 19 heavy (non-hydrogen) atoms. The monoisotopic (exact) mass is 260 g/mol. The number of aryl methyl sites for hydroxylation is 2. The highest BCUT2D eigenvalue weighted by Crippen LogP contribution is 2.26. The number of nitrogens with two attached hydrogens (primary N) is 1. The molecule has 0 aliphatic carbocycles. The lowest BCUT2D eigenvalue weighted by Crippen LogP contribution is -2.31. The van der Waals surface area contributed by atoms with Crippen LogP contribution in [-0.2, 0) is 0 Å². The minimum absolute atomic E-state index is 0.145. The molecule has 2 rings (SSSR count). The van der Waals surface area contributed by atoms with E-state index >= 15 is 0 Å². The van der Waals surface area contributed by atoms with E-state index in [4.69, 9.17) is 5.73 Å². The van der Waals surface area contributed by atoms with Gasteiger partial charge in [0.1, 0.15) is 0 Å². The minimum Gasteiger partial charge on any atom is -0.323 e. The van der Waals surface area contributed by atoms with Crippen molar-refractivity contribution in [2.75, 3.05) is 19.6 Å². The van der Waals surface area contributed by atoms with Crippen molar-refractivity contribution in [2.45, 2.75) is 40.2 Å². The summed E-state index contributed by atoms with van der Waals surface area (Å²) >= 11 is 0. The first-order chi connectivity index (χ1) is 8.97. The van der Waals surface area contributed by atoms with E-state index < -0.39 is 0 Å². The van der Waals surface area contributed by atoms with Crippen LogP contribution in [0.25, 0.3) is 0 Å². The maximum absolute atomic E-state index is 6.41. The Morgan fingerprint density at radius 2 is 2.05 bits per heavy atom. The van der Waals surface area contributed by atoms with Crippen LogP contribution in [0, 0.1) is 25.7 Å². The highest BCUT2D eigenvalue weighted by atomic mass is 15.2. The third-order valence-electron chi connectivity index (χ3n) is 4.53. The first-order valence-electron chi connectivity index (χ1n) is 7.52. The van der Waals surface area contributed by atoms with Gasteiger partial charge in [0.25, 0.3) is 0 Å². The minimum atomic E-state index is 0.145. The van der Waals surface area contributed by atoms with Crippen LogP contribution in [0.15, 0.2) is 18.2 Å². The first kappa shape index (κ1) is 14.5. The molecule has 106 valence electrons. The SMILES string of the molecule is Cc1ccc(C(N)CN2CCC(C(C)C)C2)c(C)c1. The second-order valence-corrected chi connectivity index (χ2v) is 6.52. The quantitative estimate of drug-likeness (QED) is 0.900. The summed E-state index contributed by atoms with van der Waals surface area (Å²) in [5.41, 5.74) is 10.4.